The van der Waals surface area contributed by atoms with Crippen LogP contribution in [0.1, 0.15) is 31.2 Å². The van der Waals surface area contributed by atoms with Gasteiger partial charge in [0.25, 0.3) is 0 Å². The third-order valence-electron chi connectivity index (χ3n) is 3.47. The summed E-state index contributed by atoms with van der Waals surface area (Å²) in [5.41, 5.74) is 6.49. The zero-order valence-corrected chi connectivity index (χ0v) is 11.7. The van der Waals surface area contributed by atoms with Crippen molar-refractivity contribution in [1.29, 1.82) is 0 Å². The lowest BCUT2D eigenvalue weighted by molar-refractivity contribution is 0.373. The molecule has 19 heavy (non-hydrogen) atoms. The van der Waals surface area contributed by atoms with Crippen molar-refractivity contribution >= 4 is 10.0 Å². The molecule has 0 aromatic heterocycles. The van der Waals surface area contributed by atoms with Gasteiger partial charge in [-0.2, -0.15) is 0 Å². The Balaban J connectivity index is 2.16. The first-order valence-corrected chi connectivity index (χ1v) is 7.91. The summed E-state index contributed by atoms with van der Waals surface area (Å²) >= 11 is 0. The summed E-state index contributed by atoms with van der Waals surface area (Å²) in [6.07, 6.45) is 2.99. The van der Waals surface area contributed by atoms with Gasteiger partial charge in [0.05, 0.1) is 0 Å². The molecular weight excluding hydrogens is 267 g/mol. The fraction of sp³-hybridized carbons (Fsp3) is 0.538. The molecule has 4 nitrogen and oxygen atoms in total. The van der Waals surface area contributed by atoms with Gasteiger partial charge in [-0.15, -0.1) is 0 Å². The van der Waals surface area contributed by atoms with E-state index in [1.54, 1.807) is 13.0 Å². The van der Waals surface area contributed by atoms with Crippen LogP contribution in [0.5, 0.6) is 0 Å². The van der Waals surface area contributed by atoms with E-state index in [1.807, 2.05) is 0 Å². The van der Waals surface area contributed by atoms with Gasteiger partial charge in [-0.25, -0.2) is 17.5 Å². The average molecular weight is 286 g/mol. The van der Waals surface area contributed by atoms with Crippen LogP contribution in [0.3, 0.4) is 0 Å². The third-order valence-corrected chi connectivity index (χ3v) is 5.01. The number of halogens is 1. The van der Waals surface area contributed by atoms with E-state index in [0.29, 0.717) is 18.4 Å². The van der Waals surface area contributed by atoms with Crippen LogP contribution in [0.2, 0.25) is 0 Å². The van der Waals surface area contributed by atoms with Crippen molar-refractivity contribution in [2.45, 2.75) is 49.6 Å². The molecule has 0 amide bonds. The second-order valence-electron chi connectivity index (χ2n) is 5.17. The van der Waals surface area contributed by atoms with Crippen LogP contribution in [0.15, 0.2) is 23.1 Å². The Bertz CT molecular complexity index is 552. The topological polar surface area (TPSA) is 72.2 Å². The zero-order chi connectivity index (χ0) is 14.0. The number of sulfonamides is 1. The van der Waals surface area contributed by atoms with Gasteiger partial charge in [0, 0.05) is 12.1 Å². The minimum Gasteiger partial charge on any atom is -0.328 e. The molecule has 106 valence electrons. The Morgan fingerprint density at radius 1 is 1.26 bits per heavy atom. The van der Waals surface area contributed by atoms with E-state index in [4.69, 9.17) is 5.73 Å². The molecule has 2 rings (SSSR count). The molecule has 1 fully saturated rings. The number of benzene rings is 1. The maximum Gasteiger partial charge on any atom is 0.243 e. The van der Waals surface area contributed by atoms with E-state index in [1.165, 1.54) is 12.1 Å². The lowest BCUT2D eigenvalue weighted by Crippen LogP contribution is -2.40. The van der Waals surface area contributed by atoms with Crippen LogP contribution in [0, 0.1) is 12.7 Å². The fourth-order valence-electron chi connectivity index (χ4n) is 2.34. The Hall–Kier alpha value is -0.980. The number of rotatable bonds is 3. The third kappa shape index (κ3) is 3.52. The van der Waals surface area contributed by atoms with Gasteiger partial charge in [-0.05, 0) is 50.3 Å². The van der Waals surface area contributed by atoms with Gasteiger partial charge in [0.15, 0.2) is 0 Å². The van der Waals surface area contributed by atoms with E-state index in [-0.39, 0.29) is 17.0 Å². The van der Waals surface area contributed by atoms with E-state index < -0.39 is 15.8 Å². The van der Waals surface area contributed by atoms with E-state index >= 15 is 0 Å². The fourth-order valence-corrected chi connectivity index (χ4v) is 3.80. The Kier molecular flexibility index (Phi) is 4.23. The molecule has 0 spiro atoms. The number of hydrogen-bond donors (Lipinski definition) is 2. The monoisotopic (exact) mass is 286 g/mol. The standard InChI is InChI=1S/C13H19FN2O2S/c1-9-2-7-12(14)13(8-9)19(17,18)16-11-5-3-10(15)4-6-11/h2,7-8,10-11,16H,3-6,15H2,1H3. The van der Waals surface area contributed by atoms with Crippen LogP contribution in [-0.2, 0) is 10.0 Å². The summed E-state index contributed by atoms with van der Waals surface area (Å²) in [6, 6.07) is 4.09. The van der Waals surface area contributed by atoms with Crippen molar-refractivity contribution in [1.82, 2.24) is 4.72 Å². The summed E-state index contributed by atoms with van der Waals surface area (Å²) < 4.78 is 40.6. The first-order valence-electron chi connectivity index (χ1n) is 6.42. The summed E-state index contributed by atoms with van der Waals surface area (Å²) in [6.45, 7) is 1.73. The van der Waals surface area contributed by atoms with Gasteiger partial charge >= 0.3 is 0 Å². The van der Waals surface area contributed by atoms with Crippen molar-refractivity contribution in [3.8, 4) is 0 Å². The smallest absolute Gasteiger partial charge is 0.243 e. The van der Waals surface area contributed by atoms with Gasteiger partial charge in [0.1, 0.15) is 10.7 Å². The maximum atomic E-state index is 13.6. The summed E-state index contributed by atoms with van der Waals surface area (Å²) in [7, 11) is -3.80. The molecule has 0 saturated heterocycles. The van der Waals surface area contributed by atoms with Crippen molar-refractivity contribution in [3.05, 3.63) is 29.6 Å². The van der Waals surface area contributed by atoms with Crippen LogP contribution in [0.25, 0.3) is 0 Å². The molecule has 1 saturated carbocycles. The summed E-state index contributed by atoms with van der Waals surface area (Å²) in [5.74, 6) is -0.717. The maximum absolute atomic E-state index is 13.6. The SMILES string of the molecule is Cc1ccc(F)c(S(=O)(=O)NC2CCC(N)CC2)c1. The van der Waals surface area contributed by atoms with Crippen molar-refractivity contribution < 1.29 is 12.8 Å². The minimum atomic E-state index is -3.80. The highest BCUT2D eigenvalue weighted by molar-refractivity contribution is 7.89. The number of nitrogens with two attached hydrogens (primary N) is 1. The Morgan fingerprint density at radius 2 is 1.89 bits per heavy atom. The lowest BCUT2D eigenvalue weighted by atomic mass is 9.93. The first-order chi connectivity index (χ1) is 8.88. The Labute approximate surface area is 113 Å². The molecule has 1 aliphatic carbocycles. The second-order valence-corrected chi connectivity index (χ2v) is 6.85. The molecule has 0 atom stereocenters. The second kappa shape index (κ2) is 5.56. The van der Waals surface area contributed by atoms with Crippen molar-refractivity contribution in [2.24, 2.45) is 5.73 Å². The largest absolute Gasteiger partial charge is 0.328 e. The number of nitrogens with one attached hydrogen (secondary N) is 1. The first kappa shape index (κ1) is 14.4. The van der Waals surface area contributed by atoms with E-state index in [2.05, 4.69) is 4.72 Å². The van der Waals surface area contributed by atoms with E-state index in [0.717, 1.165) is 12.8 Å². The minimum absolute atomic E-state index is 0.148. The van der Waals surface area contributed by atoms with E-state index in [9.17, 15) is 12.8 Å². The van der Waals surface area contributed by atoms with Crippen LogP contribution >= 0.6 is 0 Å². The molecule has 1 aromatic rings. The molecule has 0 unspecified atom stereocenters. The quantitative estimate of drug-likeness (QED) is 0.888. The zero-order valence-electron chi connectivity index (χ0n) is 10.9. The molecule has 1 aromatic carbocycles. The van der Waals surface area contributed by atoms with Crippen LogP contribution in [-0.4, -0.2) is 20.5 Å². The predicted octanol–water partition coefficient (Wildman–Crippen LogP) is 1.68. The highest BCUT2D eigenvalue weighted by atomic mass is 32.2. The molecule has 0 heterocycles. The van der Waals surface area contributed by atoms with Gasteiger partial charge in [-0.1, -0.05) is 6.07 Å². The Morgan fingerprint density at radius 3 is 2.53 bits per heavy atom. The van der Waals surface area contributed by atoms with Crippen molar-refractivity contribution in [2.75, 3.05) is 0 Å². The van der Waals surface area contributed by atoms with Crippen molar-refractivity contribution in [3.63, 3.8) is 0 Å². The number of hydrogen-bond acceptors (Lipinski definition) is 3. The highest BCUT2D eigenvalue weighted by Crippen LogP contribution is 2.21. The average Bonchev–Trinajstić information content (AvgIpc) is 2.35. The predicted molar refractivity (Wildman–Crippen MR) is 71.7 cm³/mol. The lowest BCUT2D eigenvalue weighted by Gasteiger charge is -2.26. The summed E-state index contributed by atoms with van der Waals surface area (Å²) in [5, 5.41) is 0. The van der Waals surface area contributed by atoms with Gasteiger partial charge < -0.3 is 5.73 Å². The molecule has 1 aliphatic rings. The van der Waals surface area contributed by atoms with Gasteiger partial charge in [0.2, 0.25) is 10.0 Å². The molecule has 0 aliphatic heterocycles. The molecule has 6 heteroatoms. The molecular formula is C13H19FN2O2S. The number of aryl methyl sites for hydroxylation is 1. The molecule has 3 N–H and O–H groups in total. The van der Waals surface area contributed by atoms with Gasteiger partial charge in [-0.3, -0.25) is 0 Å². The summed E-state index contributed by atoms with van der Waals surface area (Å²) in [4.78, 5) is -0.276. The van der Waals surface area contributed by atoms with Crippen LogP contribution < -0.4 is 10.5 Å². The molecule has 0 radical (unpaired) electrons. The highest BCUT2D eigenvalue weighted by Gasteiger charge is 2.26. The normalized spacial score (nSPS) is 24.4. The van der Waals surface area contributed by atoms with Crippen LogP contribution in [0.4, 0.5) is 4.39 Å². The molecule has 0 bridgehead atoms.